The molecule has 150 valence electrons. The molecular formula is C21H20ClN3O4. The van der Waals surface area contributed by atoms with Gasteiger partial charge in [-0.05, 0) is 43.2 Å². The van der Waals surface area contributed by atoms with Crippen molar-refractivity contribution < 1.29 is 19.2 Å². The number of hydrogen-bond donors (Lipinski definition) is 2. The van der Waals surface area contributed by atoms with E-state index in [1.165, 1.54) is 6.92 Å². The summed E-state index contributed by atoms with van der Waals surface area (Å²) in [7, 11) is 0. The van der Waals surface area contributed by atoms with Crippen LogP contribution in [0.2, 0.25) is 5.02 Å². The topological polar surface area (TPSA) is 95.6 Å². The monoisotopic (exact) mass is 413 g/mol. The summed E-state index contributed by atoms with van der Waals surface area (Å²) >= 11 is 5.92. The highest BCUT2D eigenvalue weighted by molar-refractivity contribution is 6.30. The minimum Gasteiger partial charge on any atom is -0.324 e. The Hall–Kier alpha value is -3.19. The Labute approximate surface area is 173 Å². The van der Waals surface area contributed by atoms with Crippen molar-refractivity contribution >= 4 is 40.9 Å². The van der Waals surface area contributed by atoms with Crippen LogP contribution in [0.25, 0.3) is 0 Å². The van der Waals surface area contributed by atoms with Crippen LogP contribution >= 0.6 is 11.6 Å². The van der Waals surface area contributed by atoms with Gasteiger partial charge < -0.3 is 10.6 Å². The summed E-state index contributed by atoms with van der Waals surface area (Å²) in [6.07, 6.45) is 0.310. The van der Waals surface area contributed by atoms with E-state index in [0.717, 1.165) is 4.90 Å². The third-order valence-electron chi connectivity index (χ3n) is 4.93. The maximum atomic E-state index is 13.1. The van der Waals surface area contributed by atoms with E-state index in [4.69, 9.17) is 11.6 Å². The lowest BCUT2D eigenvalue weighted by molar-refractivity contribution is -0.134. The lowest BCUT2D eigenvalue weighted by atomic mass is 9.87. The quantitative estimate of drug-likeness (QED) is 0.560. The zero-order valence-electron chi connectivity index (χ0n) is 16.0. The van der Waals surface area contributed by atoms with E-state index in [1.54, 1.807) is 55.5 Å². The van der Waals surface area contributed by atoms with E-state index < -0.39 is 29.9 Å². The van der Waals surface area contributed by atoms with E-state index >= 15 is 0 Å². The summed E-state index contributed by atoms with van der Waals surface area (Å²) in [5.74, 6) is -1.30. The molecule has 0 radical (unpaired) electrons. The molecule has 0 bridgehead atoms. The summed E-state index contributed by atoms with van der Waals surface area (Å²) in [4.78, 5) is 50.7. The second-order valence-corrected chi connectivity index (χ2v) is 7.17. The van der Waals surface area contributed by atoms with Crippen molar-refractivity contribution in [3.05, 3.63) is 64.7 Å². The predicted octanol–water partition coefficient (Wildman–Crippen LogP) is 3.34. The van der Waals surface area contributed by atoms with Crippen molar-refractivity contribution in [3.63, 3.8) is 0 Å². The fourth-order valence-electron chi connectivity index (χ4n) is 3.38. The highest BCUT2D eigenvalue weighted by atomic mass is 35.5. The number of carbonyl (C=O) groups is 4. The second kappa shape index (κ2) is 8.05. The van der Waals surface area contributed by atoms with Crippen LogP contribution < -0.4 is 10.6 Å². The van der Waals surface area contributed by atoms with Gasteiger partial charge in [0.05, 0.1) is 5.69 Å². The van der Waals surface area contributed by atoms with Gasteiger partial charge in [-0.15, -0.1) is 0 Å². The summed E-state index contributed by atoms with van der Waals surface area (Å²) in [6.45, 7) is 2.70. The molecule has 7 nitrogen and oxygen atoms in total. The fraction of sp³-hybridized carbons (Fsp3) is 0.238. The molecule has 1 fully saturated rings. The Morgan fingerprint density at radius 2 is 1.76 bits per heavy atom. The first-order valence-corrected chi connectivity index (χ1v) is 9.46. The number of ketones is 1. The second-order valence-electron chi connectivity index (χ2n) is 6.74. The largest absolute Gasteiger partial charge is 0.325 e. The maximum Gasteiger partial charge on any atom is 0.325 e. The van der Waals surface area contributed by atoms with Crippen molar-refractivity contribution in [2.45, 2.75) is 25.8 Å². The standard InChI is InChI=1S/C21H20ClN3O4/c1-3-21(14-8-10-15(22)11-9-14)19(28)25(20(29)24-21)12-18(27)23-17-7-5-4-6-16(17)13(2)26/h4-11H,3,12H2,1-2H3,(H,23,27)(H,24,29)/t21-/m0/s1. The highest BCUT2D eigenvalue weighted by Gasteiger charge is 2.51. The SMILES string of the molecule is CC[C@@]1(c2ccc(Cl)cc2)NC(=O)N(CC(=O)Nc2ccccc2C(C)=O)C1=O. The minimum atomic E-state index is -1.25. The van der Waals surface area contributed by atoms with Gasteiger partial charge in [-0.2, -0.15) is 0 Å². The number of nitrogens with zero attached hydrogens (tertiary/aromatic N) is 1. The van der Waals surface area contributed by atoms with Gasteiger partial charge in [0, 0.05) is 10.6 Å². The van der Waals surface area contributed by atoms with Gasteiger partial charge in [0.25, 0.3) is 5.91 Å². The van der Waals surface area contributed by atoms with Gasteiger partial charge in [-0.1, -0.05) is 42.8 Å². The number of Topliss-reactive ketones (excluding diaryl/α,β-unsaturated/α-hetero) is 1. The Morgan fingerprint density at radius 1 is 1.10 bits per heavy atom. The first kappa shape index (κ1) is 20.5. The average Bonchev–Trinajstić information content (AvgIpc) is 2.94. The molecule has 0 saturated carbocycles. The van der Waals surface area contributed by atoms with Crippen LogP contribution in [0.15, 0.2) is 48.5 Å². The number of rotatable bonds is 6. The number of nitrogens with one attached hydrogen (secondary N) is 2. The van der Waals surface area contributed by atoms with E-state index in [0.29, 0.717) is 28.3 Å². The molecule has 4 amide bonds. The van der Waals surface area contributed by atoms with Crippen molar-refractivity contribution in [1.82, 2.24) is 10.2 Å². The normalized spacial score (nSPS) is 18.5. The molecule has 0 aromatic heterocycles. The predicted molar refractivity (Wildman–Crippen MR) is 109 cm³/mol. The van der Waals surface area contributed by atoms with Gasteiger partial charge in [0.1, 0.15) is 12.1 Å². The van der Waals surface area contributed by atoms with Gasteiger partial charge in [-0.3, -0.25) is 19.3 Å². The summed E-state index contributed by atoms with van der Waals surface area (Å²) < 4.78 is 0. The Bertz CT molecular complexity index is 990. The third kappa shape index (κ3) is 3.86. The van der Waals surface area contributed by atoms with Crippen LogP contribution in [0, 0.1) is 0 Å². The molecule has 1 heterocycles. The van der Waals surface area contributed by atoms with Crippen LogP contribution in [0.5, 0.6) is 0 Å². The molecule has 1 aliphatic heterocycles. The summed E-state index contributed by atoms with van der Waals surface area (Å²) in [6, 6.07) is 12.5. The van der Waals surface area contributed by atoms with Crippen LogP contribution in [0.1, 0.15) is 36.2 Å². The lowest BCUT2D eigenvalue weighted by Crippen LogP contribution is -2.44. The Kier molecular flexibility index (Phi) is 5.70. The minimum absolute atomic E-state index is 0.205. The van der Waals surface area contributed by atoms with Crippen LogP contribution in [-0.4, -0.2) is 35.1 Å². The van der Waals surface area contributed by atoms with E-state index in [1.807, 2.05) is 0 Å². The summed E-state index contributed by atoms with van der Waals surface area (Å²) in [5.41, 5.74) is 0.0189. The first-order valence-electron chi connectivity index (χ1n) is 9.08. The number of imide groups is 1. The molecule has 29 heavy (non-hydrogen) atoms. The molecule has 8 heteroatoms. The van der Waals surface area contributed by atoms with Crippen LogP contribution in [-0.2, 0) is 15.1 Å². The number of urea groups is 1. The van der Waals surface area contributed by atoms with Gasteiger partial charge in [-0.25, -0.2) is 4.79 Å². The smallest absolute Gasteiger partial charge is 0.324 e. The van der Waals surface area contributed by atoms with Crippen LogP contribution in [0.4, 0.5) is 10.5 Å². The van der Waals surface area contributed by atoms with Gasteiger partial charge in [0.15, 0.2) is 5.78 Å². The molecule has 0 aliphatic carbocycles. The Morgan fingerprint density at radius 3 is 2.38 bits per heavy atom. The first-order chi connectivity index (χ1) is 13.8. The number of hydrogen-bond acceptors (Lipinski definition) is 4. The highest BCUT2D eigenvalue weighted by Crippen LogP contribution is 2.33. The Balaban J connectivity index is 1.80. The van der Waals surface area contributed by atoms with E-state index in [2.05, 4.69) is 10.6 Å². The number of anilines is 1. The van der Waals surface area contributed by atoms with Crippen molar-refractivity contribution in [3.8, 4) is 0 Å². The molecule has 0 unspecified atom stereocenters. The molecule has 1 saturated heterocycles. The molecule has 2 aromatic rings. The van der Waals surface area contributed by atoms with Gasteiger partial charge in [0.2, 0.25) is 5.91 Å². The van der Waals surface area contributed by atoms with Gasteiger partial charge >= 0.3 is 6.03 Å². The number of amides is 4. The maximum absolute atomic E-state index is 13.1. The zero-order valence-corrected chi connectivity index (χ0v) is 16.7. The van der Waals surface area contributed by atoms with E-state index in [-0.39, 0.29) is 5.78 Å². The molecular weight excluding hydrogens is 394 g/mol. The molecule has 2 N–H and O–H groups in total. The number of para-hydroxylation sites is 1. The summed E-state index contributed by atoms with van der Waals surface area (Å²) in [5, 5.41) is 5.82. The molecule has 3 rings (SSSR count). The molecule has 1 aliphatic rings. The average molecular weight is 414 g/mol. The molecule has 2 aromatic carbocycles. The molecule has 0 spiro atoms. The third-order valence-corrected chi connectivity index (χ3v) is 5.18. The number of benzene rings is 2. The zero-order chi connectivity index (χ0) is 21.2. The van der Waals surface area contributed by atoms with Crippen LogP contribution in [0.3, 0.4) is 0 Å². The molecule has 1 atom stereocenters. The van der Waals surface area contributed by atoms with Crippen molar-refractivity contribution in [1.29, 1.82) is 0 Å². The lowest BCUT2D eigenvalue weighted by Gasteiger charge is -2.25. The van der Waals surface area contributed by atoms with Crippen molar-refractivity contribution in [2.75, 3.05) is 11.9 Å². The number of halogens is 1. The van der Waals surface area contributed by atoms with Crippen molar-refractivity contribution in [2.24, 2.45) is 0 Å². The van der Waals surface area contributed by atoms with E-state index in [9.17, 15) is 19.2 Å². The number of carbonyl (C=O) groups excluding carboxylic acids is 4. The fourth-order valence-corrected chi connectivity index (χ4v) is 3.50.